The Labute approximate surface area is 147 Å². The highest BCUT2D eigenvalue weighted by Gasteiger charge is 2.33. The standard InChI is InChI=1S/C18H25N3O4/c22-11-16-15(21-18(24)13-5-7-19-8-6-13)4-3-14(25-16)9-17(23)20-10-12-1-2-12/h5-8,12,14-16,22H,1-4,9-11H2,(H,20,23)(H,21,24)/t14-,15+,16+/m0/s1. The average Bonchev–Trinajstić information content (AvgIpc) is 3.46. The van der Waals surface area contributed by atoms with Crippen LogP contribution in [0, 0.1) is 5.92 Å². The number of nitrogens with zero attached hydrogens (tertiary/aromatic N) is 1. The van der Waals surface area contributed by atoms with Crippen LogP contribution in [0.2, 0.25) is 0 Å². The molecule has 136 valence electrons. The molecule has 0 unspecified atom stereocenters. The molecule has 1 aromatic heterocycles. The predicted octanol–water partition coefficient (Wildman–Crippen LogP) is 0.636. The van der Waals surface area contributed by atoms with E-state index in [0.29, 0.717) is 30.7 Å². The summed E-state index contributed by atoms with van der Waals surface area (Å²) in [5.41, 5.74) is 0.522. The molecule has 3 atom stereocenters. The molecule has 1 aromatic rings. The van der Waals surface area contributed by atoms with Crippen molar-refractivity contribution in [2.75, 3.05) is 13.2 Å². The highest BCUT2D eigenvalue weighted by Crippen LogP contribution is 2.28. The number of aliphatic hydroxyl groups excluding tert-OH is 1. The lowest BCUT2D eigenvalue weighted by Crippen LogP contribution is -2.51. The second kappa shape index (κ2) is 8.40. The number of aromatic nitrogens is 1. The second-order valence-corrected chi connectivity index (χ2v) is 6.82. The molecule has 1 saturated carbocycles. The van der Waals surface area contributed by atoms with Crippen LogP contribution in [0.25, 0.3) is 0 Å². The van der Waals surface area contributed by atoms with Crippen molar-refractivity contribution in [2.24, 2.45) is 5.92 Å². The van der Waals surface area contributed by atoms with Crippen molar-refractivity contribution >= 4 is 11.8 Å². The first-order valence-electron chi connectivity index (χ1n) is 8.89. The molecule has 0 spiro atoms. The van der Waals surface area contributed by atoms with Gasteiger partial charge in [-0.15, -0.1) is 0 Å². The summed E-state index contributed by atoms with van der Waals surface area (Å²) in [5, 5.41) is 15.4. The third kappa shape index (κ3) is 5.24. The highest BCUT2D eigenvalue weighted by atomic mass is 16.5. The van der Waals surface area contributed by atoms with Gasteiger partial charge < -0.3 is 20.5 Å². The van der Waals surface area contributed by atoms with Crippen molar-refractivity contribution in [3.05, 3.63) is 30.1 Å². The molecule has 1 saturated heterocycles. The number of aliphatic hydroxyl groups is 1. The Morgan fingerprint density at radius 1 is 1.20 bits per heavy atom. The van der Waals surface area contributed by atoms with Gasteiger partial charge in [-0.3, -0.25) is 14.6 Å². The third-order valence-corrected chi connectivity index (χ3v) is 4.75. The topological polar surface area (TPSA) is 101 Å². The first-order valence-corrected chi connectivity index (χ1v) is 8.89. The number of rotatable bonds is 7. The number of amides is 2. The normalized spacial score (nSPS) is 26.0. The molecule has 2 fully saturated rings. The van der Waals surface area contributed by atoms with E-state index in [9.17, 15) is 14.7 Å². The van der Waals surface area contributed by atoms with Crippen molar-refractivity contribution in [3.8, 4) is 0 Å². The van der Waals surface area contributed by atoms with Crippen LogP contribution < -0.4 is 10.6 Å². The summed E-state index contributed by atoms with van der Waals surface area (Å²) in [6.07, 6.45) is 6.45. The first kappa shape index (κ1) is 17.8. The fourth-order valence-electron chi connectivity index (χ4n) is 3.06. The molecular weight excluding hydrogens is 322 g/mol. The maximum atomic E-state index is 12.2. The van der Waals surface area contributed by atoms with Crippen molar-refractivity contribution in [2.45, 2.75) is 50.4 Å². The van der Waals surface area contributed by atoms with Gasteiger partial charge in [-0.1, -0.05) is 0 Å². The Morgan fingerprint density at radius 3 is 2.64 bits per heavy atom. The molecule has 0 bridgehead atoms. The lowest BCUT2D eigenvalue weighted by Gasteiger charge is -2.36. The van der Waals surface area contributed by atoms with Gasteiger partial charge in [-0.2, -0.15) is 0 Å². The van der Waals surface area contributed by atoms with Crippen LogP contribution >= 0.6 is 0 Å². The van der Waals surface area contributed by atoms with E-state index < -0.39 is 6.10 Å². The number of ether oxygens (including phenoxy) is 1. The quantitative estimate of drug-likeness (QED) is 0.672. The molecular formula is C18H25N3O4. The van der Waals surface area contributed by atoms with E-state index in [1.54, 1.807) is 24.5 Å². The lowest BCUT2D eigenvalue weighted by atomic mass is 9.96. The summed E-state index contributed by atoms with van der Waals surface area (Å²) < 4.78 is 5.84. The average molecular weight is 347 g/mol. The summed E-state index contributed by atoms with van der Waals surface area (Å²) >= 11 is 0. The summed E-state index contributed by atoms with van der Waals surface area (Å²) in [6, 6.07) is 3.01. The molecule has 0 radical (unpaired) electrons. The van der Waals surface area contributed by atoms with E-state index in [1.807, 2.05) is 0 Å². The Balaban J connectivity index is 1.47. The molecule has 2 heterocycles. The monoisotopic (exact) mass is 347 g/mol. The molecule has 7 heteroatoms. The molecule has 2 amide bonds. The van der Waals surface area contributed by atoms with Crippen LogP contribution in [0.1, 0.15) is 42.5 Å². The van der Waals surface area contributed by atoms with E-state index in [4.69, 9.17) is 4.74 Å². The number of hydrogen-bond acceptors (Lipinski definition) is 5. The van der Waals surface area contributed by atoms with Crippen molar-refractivity contribution in [3.63, 3.8) is 0 Å². The van der Waals surface area contributed by atoms with Gasteiger partial charge in [0, 0.05) is 24.5 Å². The van der Waals surface area contributed by atoms with Crippen LogP contribution in [-0.4, -0.2) is 53.3 Å². The summed E-state index contributed by atoms with van der Waals surface area (Å²) in [6.45, 7) is 0.557. The minimum absolute atomic E-state index is 0.00661. The van der Waals surface area contributed by atoms with Crippen molar-refractivity contribution in [1.82, 2.24) is 15.6 Å². The van der Waals surface area contributed by atoms with Gasteiger partial charge in [0.25, 0.3) is 5.91 Å². The largest absolute Gasteiger partial charge is 0.394 e. The molecule has 3 N–H and O–H groups in total. The zero-order valence-electron chi connectivity index (χ0n) is 14.2. The zero-order valence-corrected chi connectivity index (χ0v) is 14.2. The Morgan fingerprint density at radius 2 is 1.96 bits per heavy atom. The number of pyridine rings is 1. The van der Waals surface area contributed by atoms with Gasteiger partial charge in [0.1, 0.15) is 6.10 Å². The van der Waals surface area contributed by atoms with Crippen molar-refractivity contribution < 1.29 is 19.4 Å². The minimum Gasteiger partial charge on any atom is -0.394 e. The van der Waals surface area contributed by atoms with Gasteiger partial charge in [-0.25, -0.2) is 0 Å². The molecule has 2 aliphatic rings. The summed E-state index contributed by atoms with van der Waals surface area (Å²) in [5.74, 6) is 0.428. The maximum absolute atomic E-state index is 12.2. The molecule has 3 rings (SSSR count). The fourth-order valence-corrected chi connectivity index (χ4v) is 3.06. The predicted molar refractivity (Wildman–Crippen MR) is 90.8 cm³/mol. The van der Waals surface area contributed by atoms with Gasteiger partial charge in [0.2, 0.25) is 5.91 Å². The van der Waals surface area contributed by atoms with Crippen LogP contribution in [0.15, 0.2) is 24.5 Å². The first-order chi connectivity index (χ1) is 12.2. The lowest BCUT2D eigenvalue weighted by molar-refractivity contribution is -0.130. The van der Waals surface area contributed by atoms with Crippen LogP contribution in [0.5, 0.6) is 0 Å². The fraction of sp³-hybridized carbons (Fsp3) is 0.611. The number of nitrogens with one attached hydrogen (secondary N) is 2. The molecule has 1 aliphatic heterocycles. The van der Waals surface area contributed by atoms with Crippen LogP contribution in [0.3, 0.4) is 0 Å². The van der Waals surface area contributed by atoms with E-state index in [-0.39, 0.29) is 30.6 Å². The van der Waals surface area contributed by atoms with Gasteiger partial charge in [0.05, 0.1) is 25.2 Å². The molecule has 7 nitrogen and oxygen atoms in total. The van der Waals surface area contributed by atoms with Gasteiger partial charge in [0.15, 0.2) is 0 Å². The van der Waals surface area contributed by atoms with Crippen molar-refractivity contribution in [1.29, 1.82) is 0 Å². The van der Waals surface area contributed by atoms with E-state index in [0.717, 1.165) is 6.54 Å². The van der Waals surface area contributed by atoms with Gasteiger partial charge >= 0.3 is 0 Å². The van der Waals surface area contributed by atoms with E-state index in [2.05, 4.69) is 15.6 Å². The van der Waals surface area contributed by atoms with E-state index >= 15 is 0 Å². The Kier molecular flexibility index (Phi) is 5.99. The SMILES string of the molecule is O=C(C[C@@H]1CC[C@@H](NC(=O)c2ccncc2)[C@@H](CO)O1)NCC1CC1. The highest BCUT2D eigenvalue weighted by molar-refractivity contribution is 5.94. The summed E-state index contributed by atoms with van der Waals surface area (Å²) in [4.78, 5) is 28.1. The summed E-state index contributed by atoms with van der Waals surface area (Å²) in [7, 11) is 0. The molecule has 25 heavy (non-hydrogen) atoms. The third-order valence-electron chi connectivity index (χ3n) is 4.75. The minimum atomic E-state index is -0.499. The van der Waals surface area contributed by atoms with E-state index in [1.165, 1.54) is 12.8 Å². The Bertz CT molecular complexity index is 591. The Hall–Kier alpha value is -1.99. The maximum Gasteiger partial charge on any atom is 0.251 e. The van der Waals surface area contributed by atoms with Crippen LogP contribution in [0.4, 0.5) is 0 Å². The second-order valence-electron chi connectivity index (χ2n) is 6.82. The smallest absolute Gasteiger partial charge is 0.251 e. The number of hydrogen-bond donors (Lipinski definition) is 3. The molecule has 1 aliphatic carbocycles. The number of carbonyl (C=O) groups excluding carboxylic acids is 2. The van der Waals surface area contributed by atoms with Crippen LogP contribution in [-0.2, 0) is 9.53 Å². The number of carbonyl (C=O) groups is 2. The zero-order chi connectivity index (χ0) is 17.6. The molecule has 0 aromatic carbocycles. The van der Waals surface area contributed by atoms with Gasteiger partial charge in [-0.05, 0) is 43.7 Å².